The van der Waals surface area contributed by atoms with E-state index in [1.54, 1.807) is 72.8 Å². The van der Waals surface area contributed by atoms with Crippen LogP contribution in [0, 0.1) is 49.4 Å². The van der Waals surface area contributed by atoms with Crippen molar-refractivity contribution in [2.45, 2.75) is 132 Å². The molecule has 0 aliphatic carbocycles. The first-order chi connectivity index (χ1) is 47.5. The Balaban J connectivity index is 0.919. The zero-order chi connectivity index (χ0) is 69.4. The molecule has 4 heterocycles. The molecule has 4 saturated heterocycles. The lowest BCUT2D eigenvalue weighted by Gasteiger charge is -2.40. The van der Waals surface area contributed by atoms with Crippen LogP contribution in [0.1, 0.15) is 168 Å². The SMILES string of the molecule is CCC1(COCCCCOc2ccc(C(=O)Oc3cc(OC(=O)c4ccc(OCCCCOCC5(CC)COC5)c(C)c4)c(OC(=O)c4ccc(OCCCCOCC5(CC)COC5)c(C)c4)cc3OC(=O)c3ccc(OCCCCOCC4(CC)COC4)c(C)c3)cc2C)COC1. The van der Waals surface area contributed by atoms with E-state index in [9.17, 15) is 19.2 Å². The van der Waals surface area contributed by atoms with Gasteiger partial charge in [-0.25, -0.2) is 19.2 Å². The number of hydrogen-bond donors (Lipinski definition) is 0. The molecule has 4 aliphatic rings. The zero-order valence-electron chi connectivity index (χ0n) is 58.9. The highest BCUT2D eigenvalue weighted by atomic mass is 16.6. The van der Waals surface area contributed by atoms with Crippen molar-refractivity contribution in [3.63, 3.8) is 0 Å². The van der Waals surface area contributed by atoms with Crippen molar-refractivity contribution in [3.8, 4) is 46.0 Å². The number of hydrogen-bond acceptors (Lipinski definition) is 20. The van der Waals surface area contributed by atoms with Crippen molar-refractivity contribution < 1.29 is 95.0 Å². The number of unbranched alkanes of at least 4 members (excludes halogenated alkanes) is 4. The summed E-state index contributed by atoms with van der Waals surface area (Å²) in [4.78, 5) is 57.6. The van der Waals surface area contributed by atoms with Crippen molar-refractivity contribution >= 4 is 23.9 Å². The van der Waals surface area contributed by atoms with Crippen molar-refractivity contribution in [3.05, 3.63) is 129 Å². The Morgan fingerprint density at radius 2 is 0.500 bits per heavy atom. The van der Waals surface area contributed by atoms with Gasteiger partial charge in [0.25, 0.3) is 0 Å². The molecule has 0 spiro atoms. The topological polar surface area (TPSA) is 216 Å². The first-order valence-corrected chi connectivity index (χ1v) is 35.1. The van der Waals surface area contributed by atoms with E-state index in [-0.39, 0.29) is 66.9 Å². The Morgan fingerprint density at radius 1 is 0.296 bits per heavy atom. The molecular formula is C78H102O20. The highest BCUT2D eigenvalue weighted by Crippen LogP contribution is 2.43. The average molecular weight is 1360 g/mol. The third-order valence-electron chi connectivity index (χ3n) is 19.1. The molecule has 0 amide bonds. The van der Waals surface area contributed by atoms with E-state index in [2.05, 4.69) is 27.7 Å². The smallest absolute Gasteiger partial charge is 0.343 e. The Labute approximate surface area is 578 Å². The van der Waals surface area contributed by atoms with Crippen LogP contribution in [0.2, 0.25) is 0 Å². The highest BCUT2D eigenvalue weighted by molar-refractivity contribution is 5.96. The summed E-state index contributed by atoms with van der Waals surface area (Å²) in [7, 11) is 0. The maximum Gasteiger partial charge on any atom is 0.343 e. The van der Waals surface area contributed by atoms with Crippen molar-refractivity contribution in [2.75, 3.05) is 132 Å². The van der Waals surface area contributed by atoms with Crippen LogP contribution in [0.4, 0.5) is 0 Å². The Kier molecular flexibility index (Phi) is 28.2. The van der Waals surface area contributed by atoms with Gasteiger partial charge in [0.15, 0.2) is 23.0 Å². The van der Waals surface area contributed by atoms with Gasteiger partial charge in [-0.15, -0.1) is 0 Å². The molecule has 98 heavy (non-hydrogen) atoms. The van der Waals surface area contributed by atoms with Crippen LogP contribution in [-0.4, -0.2) is 156 Å². The molecule has 4 fully saturated rings. The average Bonchev–Trinajstić information content (AvgIpc) is 0.800. The third kappa shape index (κ3) is 21.0. The van der Waals surface area contributed by atoms with Crippen LogP contribution in [0.5, 0.6) is 46.0 Å². The molecule has 0 N–H and O–H groups in total. The predicted octanol–water partition coefficient (Wildman–Crippen LogP) is 14.2. The summed E-state index contributed by atoms with van der Waals surface area (Å²) in [6, 6.07) is 21.9. The van der Waals surface area contributed by atoms with Crippen LogP contribution in [0.3, 0.4) is 0 Å². The maximum absolute atomic E-state index is 14.4. The molecule has 534 valence electrons. The normalized spacial score (nSPS) is 16.1. The van der Waals surface area contributed by atoms with Crippen LogP contribution >= 0.6 is 0 Å². The van der Waals surface area contributed by atoms with Crippen molar-refractivity contribution in [1.29, 1.82) is 0 Å². The van der Waals surface area contributed by atoms with Gasteiger partial charge in [0.1, 0.15) is 23.0 Å². The lowest BCUT2D eigenvalue weighted by molar-refractivity contribution is -0.150. The van der Waals surface area contributed by atoms with Crippen molar-refractivity contribution in [2.24, 2.45) is 21.7 Å². The molecule has 0 radical (unpaired) electrons. The van der Waals surface area contributed by atoms with E-state index in [1.807, 2.05) is 27.7 Å². The summed E-state index contributed by atoms with van der Waals surface area (Å²) in [5.41, 5.74) is 3.70. The standard InChI is InChI=1S/C78H102O20/c1-9-75(47-87-48-75)43-83-29-13-17-33-91-63-25-21-59(37-55(63)5)71(79)95-67-41-69(97-73(81)61-23-27-65(57(7)39-61)93-35-19-15-31-85-45-77(11-3)51-89-52-77)70(98-74(82)62-24-28-66(58(8)40-62)94-36-20-16-32-86-46-78(12-4)53-90-54-78)42-68(67)96-72(80)60-22-26-64(56(6)38-60)92-34-18-14-30-84-44-76(10-2)49-88-50-76/h21-28,37-42H,9-20,29-36,43-54H2,1-8H3. The molecule has 0 bridgehead atoms. The quantitative estimate of drug-likeness (QED) is 0.0201. The third-order valence-corrected chi connectivity index (χ3v) is 19.1. The minimum Gasteiger partial charge on any atom is -0.493 e. The summed E-state index contributed by atoms with van der Waals surface area (Å²) in [6.07, 6.45) is 10.3. The first kappa shape index (κ1) is 75.1. The van der Waals surface area contributed by atoms with Crippen LogP contribution < -0.4 is 37.9 Å². The molecule has 5 aromatic carbocycles. The molecule has 5 aromatic rings. The summed E-state index contributed by atoms with van der Waals surface area (Å²) in [5.74, 6) is -2.39. The fourth-order valence-corrected chi connectivity index (χ4v) is 11.5. The lowest BCUT2D eigenvalue weighted by atomic mass is 9.84. The van der Waals surface area contributed by atoms with E-state index in [1.165, 1.54) is 12.1 Å². The summed E-state index contributed by atoms with van der Waals surface area (Å²) in [6.45, 7) is 28.6. The fourth-order valence-electron chi connectivity index (χ4n) is 11.5. The number of ether oxygens (including phenoxy) is 16. The van der Waals surface area contributed by atoms with Crippen LogP contribution in [0.15, 0.2) is 84.9 Å². The molecule has 20 heteroatoms. The van der Waals surface area contributed by atoms with E-state index in [4.69, 9.17) is 75.8 Å². The number of carbonyl (C=O) groups is 4. The zero-order valence-corrected chi connectivity index (χ0v) is 58.9. The van der Waals surface area contributed by atoms with Gasteiger partial charge in [0.2, 0.25) is 0 Å². The molecule has 0 unspecified atom stereocenters. The predicted molar refractivity (Wildman–Crippen MR) is 367 cm³/mol. The van der Waals surface area contributed by atoms with E-state index >= 15 is 0 Å². The van der Waals surface area contributed by atoms with Gasteiger partial charge in [0, 0.05) is 60.2 Å². The number of aryl methyl sites for hydroxylation is 4. The van der Waals surface area contributed by atoms with Gasteiger partial charge in [-0.05, 0) is 200 Å². The Hall–Kier alpha value is -7.14. The molecule has 9 rings (SSSR count). The Bertz CT molecular complexity index is 2950. The van der Waals surface area contributed by atoms with Crippen LogP contribution in [-0.2, 0) is 37.9 Å². The largest absolute Gasteiger partial charge is 0.493 e. The molecule has 20 nitrogen and oxygen atoms in total. The second-order valence-corrected chi connectivity index (χ2v) is 27.0. The summed E-state index contributed by atoms with van der Waals surface area (Å²) < 4.78 is 94.6. The second-order valence-electron chi connectivity index (χ2n) is 27.0. The van der Waals surface area contributed by atoms with Gasteiger partial charge < -0.3 is 75.8 Å². The molecule has 0 saturated carbocycles. The number of benzene rings is 5. The fraction of sp³-hybridized carbons (Fsp3) is 0.564. The van der Waals surface area contributed by atoms with Crippen molar-refractivity contribution in [1.82, 2.24) is 0 Å². The van der Waals surface area contributed by atoms with Gasteiger partial charge >= 0.3 is 23.9 Å². The summed E-state index contributed by atoms with van der Waals surface area (Å²) in [5, 5.41) is 0. The lowest BCUT2D eigenvalue weighted by Crippen LogP contribution is -2.45. The Morgan fingerprint density at radius 3 is 0.673 bits per heavy atom. The molecule has 4 aliphatic heterocycles. The minimum absolute atomic E-state index is 0.120. The van der Waals surface area contributed by atoms with E-state index < -0.39 is 23.9 Å². The van der Waals surface area contributed by atoms with Gasteiger partial charge in [-0.3, -0.25) is 0 Å². The van der Waals surface area contributed by atoms with Crippen LogP contribution in [0.25, 0.3) is 0 Å². The highest BCUT2D eigenvalue weighted by Gasteiger charge is 2.40. The number of esters is 4. The second kappa shape index (κ2) is 36.8. The number of carbonyl (C=O) groups excluding carboxylic acids is 4. The van der Waals surface area contributed by atoms with E-state index in [0.717, 1.165) is 130 Å². The monoisotopic (exact) mass is 1360 g/mol. The first-order valence-electron chi connectivity index (χ1n) is 35.1. The molecule has 0 aromatic heterocycles. The molecular weight excluding hydrogens is 1260 g/mol. The van der Waals surface area contributed by atoms with Gasteiger partial charge in [-0.2, -0.15) is 0 Å². The maximum atomic E-state index is 14.4. The number of rotatable bonds is 44. The molecule has 0 atom stereocenters. The summed E-state index contributed by atoms with van der Waals surface area (Å²) >= 11 is 0. The van der Waals surface area contributed by atoms with Gasteiger partial charge in [-0.1, -0.05) is 27.7 Å². The minimum atomic E-state index is -0.845. The van der Waals surface area contributed by atoms with E-state index in [0.29, 0.717) is 125 Å². The van der Waals surface area contributed by atoms with Gasteiger partial charge in [0.05, 0.1) is 128 Å².